The van der Waals surface area contributed by atoms with Gasteiger partial charge in [-0.3, -0.25) is 4.79 Å². The Balaban J connectivity index is 2.28. The van der Waals surface area contributed by atoms with Crippen molar-refractivity contribution in [2.45, 2.75) is 6.92 Å². The highest BCUT2D eigenvalue weighted by Crippen LogP contribution is 2.30. The number of carbonyl (C=O) groups excluding carboxylic acids is 1. The number of fused-ring (bicyclic) bond motifs is 1. The Hall–Kier alpha value is -2.27. The van der Waals surface area contributed by atoms with Gasteiger partial charge in [0.05, 0.1) is 11.1 Å². The molecule has 19 heavy (non-hydrogen) atoms. The Labute approximate surface area is 113 Å². The quantitative estimate of drug-likeness (QED) is 0.753. The predicted octanol–water partition coefficient (Wildman–Crippen LogP) is 2.80. The molecule has 0 radical (unpaired) electrons. The molecule has 0 atom stereocenters. The molecule has 2 heterocycles. The molecule has 5 heteroatoms. The van der Waals surface area contributed by atoms with Gasteiger partial charge in [0.1, 0.15) is 10.8 Å². The number of nitrogens with two attached hydrogens (primary N) is 1. The number of aryl methyl sites for hydroxylation is 1. The van der Waals surface area contributed by atoms with Gasteiger partial charge in [0.2, 0.25) is 0 Å². The van der Waals surface area contributed by atoms with Gasteiger partial charge in [0.15, 0.2) is 0 Å². The number of hydrogen-bond donors (Lipinski definition) is 2. The van der Waals surface area contributed by atoms with Crippen molar-refractivity contribution in [1.29, 1.82) is 0 Å². The van der Waals surface area contributed by atoms with Gasteiger partial charge in [-0.1, -0.05) is 0 Å². The van der Waals surface area contributed by atoms with Crippen LogP contribution in [0.3, 0.4) is 0 Å². The van der Waals surface area contributed by atoms with Crippen LogP contribution < -0.4 is 5.73 Å². The SMILES string of the molecule is Cc1csc(-n2ccc3cc(O)ccc32)c1C(N)=O. The molecule has 2 aromatic heterocycles. The van der Waals surface area contributed by atoms with Crippen LogP contribution in [0.4, 0.5) is 0 Å². The molecule has 4 nitrogen and oxygen atoms in total. The van der Waals surface area contributed by atoms with Crippen molar-refractivity contribution in [1.82, 2.24) is 4.57 Å². The van der Waals surface area contributed by atoms with Crippen LogP contribution >= 0.6 is 11.3 Å². The summed E-state index contributed by atoms with van der Waals surface area (Å²) in [5, 5.41) is 13.1. The summed E-state index contributed by atoms with van der Waals surface area (Å²) in [4.78, 5) is 11.6. The Morgan fingerprint density at radius 1 is 1.37 bits per heavy atom. The van der Waals surface area contributed by atoms with Crippen molar-refractivity contribution in [3.05, 3.63) is 47.0 Å². The predicted molar refractivity (Wildman–Crippen MR) is 76.1 cm³/mol. The van der Waals surface area contributed by atoms with Crippen LogP contribution in [0.2, 0.25) is 0 Å². The first kappa shape index (κ1) is 11.8. The Morgan fingerprint density at radius 3 is 2.89 bits per heavy atom. The van der Waals surface area contributed by atoms with Crippen LogP contribution in [-0.2, 0) is 0 Å². The summed E-state index contributed by atoms with van der Waals surface area (Å²) in [7, 11) is 0. The summed E-state index contributed by atoms with van der Waals surface area (Å²) in [6, 6.07) is 7.04. The topological polar surface area (TPSA) is 68.2 Å². The number of thiophene rings is 1. The second kappa shape index (κ2) is 4.13. The molecule has 1 aromatic carbocycles. The van der Waals surface area contributed by atoms with Crippen molar-refractivity contribution in [3.63, 3.8) is 0 Å². The highest BCUT2D eigenvalue weighted by molar-refractivity contribution is 7.13. The number of amides is 1. The lowest BCUT2D eigenvalue weighted by Crippen LogP contribution is -2.13. The Kier molecular flexibility index (Phi) is 2.57. The first-order chi connectivity index (χ1) is 9.08. The fourth-order valence-corrected chi connectivity index (χ4v) is 3.27. The monoisotopic (exact) mass is 272 g/mol. The van der Waals surface area contributed by atoms with Crippen molar-refractivity contribution in [2.24, 2.45) is 5.73 Å². The first-order valence-electron chi connectivity index (χ1n) is 5.76. The van der Waals surface area contributed by atoms with E-state index in [1.165, 1.54) is 11.3 Å². The average molecular weight is 272 g/mol. The minimum atomic E-state index is -0.422. The molecule has 3 aromatic rings. The summed E-state index contributed by atoms with van der Waals surface area (Å²) in [5.41, 5.74) is 7.82. The second-order valence-corrected chi connectivity index (χ2v) is 5.25. The Morgan fingerprint density at radius 2 is 2.16 bits per heavy atom. The van der Waals surface area contributed by atoms with E-state index in [1.54, 1.807) is 12.1 Å². The highest BCUT2D eigenvalue weighted by atomic mass is 32.1. The van der Waals surface area contributed by atoms with Crippen molar-refractivity contribution < 1.29 is 9.90 Å². The van der Waals surface area contributed by atoms with Crippen molar-refractivity contribution >= 4 is 28.1 Å². The van der Waals surface area contributed by atoms with Gasteiger partial charge in [0, 0.05) is 11.6 Å². The van der Waals surface area contributed by atoms with Gasteiger partial charge in [-0.05, 0) is 42.1 Å². The molecule has 3 N–H and O–H groups in total. The molecule has 0 aliphatic heterocycles. The number of phenolic OH excluding ortho intramolecular Hbond substituents is 1. The van der Waals surface area contributed by atoms with E-state index in [2.05, 4.69) is 0 Å². The smallest absolute Gasteiger partial charge is 0.251 e. The molecule has 0 aliphatic carbocycles. The van der Waals surface area contributed by atoms with E-state index >= 15 is 0 Å². The van der Waals surface area contributed by atoms with Crippen LogP contribution in [0, 0.1) is 6.92 Å². The average Bonchev–Trinajstić information content (AvgIpc) is 2.91. The number of aromatic nitrogens is 1. The zero-order chi connectivity index (χ0) is 13.6. The number of benzene rings is 1. The maximum absolute atomic E-state index is 11.6. The lowest BCUT2D eigenvalue weighted by molar-refractivity contribution is 0.1000. The number of aromatic hydroxyl groups is 1. The molecule has 3 rings (SSSR count). The summed E-state index contributed by atoms with van der Waals surface area (Å²) in [6.07, 6.45) is 1.88. The zero-order valence-electron chi connectivity index (χ0n) is 10.3. The van der Waals surface area contributed by atoms with E-state index in [9.17, 15) is 9.90 Å². The molecule has 0 aliphatic rings. The number of hydrogen-bond acceptors (Lipinski definition) is 3. The van der Waals surface area contributed by atoms with Gasteiger partial charge in [-0.15, -0.1) is 11.3 Å². The first-order valence-corrected chi connectivity index (χ1v) is 6.64. The fourth-order valence-electron chi connectivity index (χ4n) is 2.21. The maximum atomic E-state index is 11.6. The molecular formula is C14H12N2O2S. The van der Waals surface area contributed by atoms with E-state index in [4.69, 9.17) is 5.73 Å². The lowest BCUT2D eigenvalue weighted by Gasteiger charge is -2.05. The molecule has 0 fully saturated rings. The minimum Gasteiger partial charge on any atom is -0.508 e. The van der Waals surface area contributed by atoms with Crippen LogP contribution in [-0.4, -0.2) is 15.6 Å². The van der Waals surface area contributed by atoms with E-state index in [0.717, 1.165) is 21.5 Å². The summed E-state index contributed by atoms with van der Waals surface area (Å²) in [5.74, 6) is -0.197. The van der Waals surface area contributed by atoms with Crippen molar-refractivity contribution in [2.75, 3.05) is 0 Å². The maximum Gasteiger partial charge on any atom is 0.251 e. The molecule has 96 valence electrons. The largest absolute Gasteiger partial charge is 0.508 e. The number of primary amides is 1. The number of carbonyl (C=O) groups is 1. The van der Waals surface area contributed by atoms with Crippen molar-refractivity contribution in [3.8, 4) is 10.8 Å². The molecule has 0 bridgehead atoms. The van der Waals surface area contributed by atoms with E-state index < -0.39 is 5.91 Å². The zero-order valence-corrected chi connectivity index (χ0v) is 11.1. The molecule has 0 saturated carbocycles. The number of rotatable bonds is 2. The third-order valence-electron chi connectivity index (χ3n) is 3.09. The fraction of sp³-hybridized carbons (Fsp3) is 0.0714. The highest BCUT2D eigenvalue weighted by Gasteiger charge is 2.16. The molecular weight excluding hydrogens is 260 g/mol. The summed E-state index contributed by atoms with van der Waals surface area (Å²) in [6.45, 7) is 1.87. The van der Waals surface area contributed by atoms with Gasteiger partial charge < -0.3 is 15.4 Å². The van der Waals surface area contributed by atoms with Crippen LogP contribution in [0.1, 0.15) is 15.9 Å². The lowest BCUT2D eigenvalue weighted by atomic mass is 10.2. The molecule has 0 spiro atoms. The van der Waals surface area contributed by atoms with E-state index in [0.29, 0.717) is 5.56 Å². The third kappa shape index (κ3) is 1.79. The minimum absolute atomic E-state index is 0.225. The van der Waals surface area contributed by atoms with Gasteiger partial charge >= 0.3 is 0 Å². The van der Waals surface area contributed by atoms with E-state index in [-0.39, 0.29) is 5.75 Å². The standard InChI is InChI=1S/C14H12N2O2S/c1-8-7-19-14(12(8)13(15)18)16-5-4-9-6-10(17)2-3-11(9)16/h2-7,17H,1H3,(H2,15,18). The number of nitrogens with zero attached hydrogens (tertiary/aromatic N) is 1. The molecule has 1 amide bonds. The normalized spacial score (nSPS) is 11.0. The molecule has 0 unspecified atom stereocenters. The second-order valence-electron chi connectivity index (χ2n) is 4.39. The van der Waals surface area contributed by atoms with E-state index in [1.807, 2.05) is 35.2 Å². The number of phenols is 1. The van der Waals surface area contributed by atoms with Crippen LogP contribution in [0.5, 0.6) is 5.75 Å². The van der Waals surface area contributed by atoms with Crippen LogP contribution in [0.15, 0.2) is 35.8 Å². The van der Waals surface area contributed by atoms with Gasteiger partial charge in [0.25, 0.3) is 5.91 Å². The van der Waals surface area contributed by atoms with Gasteiger partial charge in [-0.2, -0.15) is 0 Å². The Bertz CT molecular complexity index is 786. The summed E-state index contributed by atoms with van der Waals surface area (Å²) < 4.78 is 1.92. The molecule has 0 saturated heterocycles. The van der Waals surface area contributed by atoms with Crippen LogP contribution in [0.25, 0.3) is 15.9 Å². The third-order valence-corrected chi connectivity index (χ3v) is 4.19. The van der Waals surface area contributed by atoms with Gasteiger partial charge in [-0.25, -0.2) is 0 Å². The summed E-state index contributed by atoms with van der Waals surface area (Å²) >= 11 is 1.48.